The van der Waals surface area contributed by atoms with Gasteiger partial charge < -0.3 is 10.1 Å². The quantitative estimate of drug-likeness (QED) is 0.522. The zero-order chi connectivity index (χ0) is 11.8. The van der Waals surface area contributed by atoms with E-state index in [1.807, 2.05) is 6.92 Å². The zero-order valence-electron chi connectivity index (χ0n) is 10.3. The summed E-state index contributed by atoms with van der Waals surface area (Å²) in [6.07, 6.45) is 2.37. The molecular weight excluding hydrogens is 190 g/mol. The summed E-state index contributed by atoms with van der Waals surface area (Å²) in [5.41, 5.74) is 0.495. The molecule has 15 heavy (non-hydrogen) atoms. The number of rotatable bonds is 7. The van der Waals surface area contributed by atoms with Crippen molar-refractivity contribution >= 4 is 11.7 Å². The molecule has 0 bridgehead atoms. The minimum atomic E-state index is -0.280. The Morgan fingerprint density at radius 3 is 2.40 bits per heavy atom. The molecule has 0 spiro atoms. The fourth-order valence-electron chi connectivity index (χ4n) is 1.58. The molecule has 0 fully saturated rings. The molecule has 0 aromatic rings. The number of nitrogens with one attached hydrogen (secondary N) is 1. The molecule has 0 aromatic carbocycles. The van der Waals surface area contributed by atoms with Crippen molar-refractivity contribution in [2.24, 2.45) is 11.8 Å². The molecule has 0 unspecified atom stereocenters. The Morgan fingerprint density at radius 1 is 1.33 bits per heavy atom. The molecule has 0 saturated carbocycles. The number of hydrogen-bond acceptors (Lipinski definition) is 3. The topological polar surface area (TPSA) is 50.2 Å². The summed E-state index contributed by atoms with van der Waals surface area (Å²) >= 11 is 0. The predicted octanol–water partition coefficient (Wildman–Crippen LogP) is 3.03. The zero-order valence-corrected chi connectivity index (χ0v) is 10.3. The van der Waals surface area contributed by atoms with Crippen molar-refractivity contribution < 1.29 is 9.53 Å². The Morgan fingerprint density at radius 2 is 1.93 bits per heavy atom. The molecular formula is C12H23NO2. The second-order valence-corrected chi connectivity index (χ2v) is 4.06. The van der Waals surface area contributed by atoms with E-state index in [1.165, 1.54) is 0 Å². The van der Waals surface area contributed by atoms with Gasteiger partial charge in [-0.1, -0.05) is 33.6 Å². The van der Waals surface area contributed by atoms with Crippen molar-refractivity contribution in [3.63, 3.8) is 0 Å². The molecule has 2 atom stereocenters. The molecule has 0 rings (SSSR count). The largest absolute Gasteiger partial charge is 0.466 e. The predicted molar refractivity (Wildman–Crippen MR) is 62.2 cm³/mol. The lowest BCUT2D eigenvalue weighted by atomic mass is 9.87. The van der Waals surface area contributed by atoms with Gasteiger partial charge in [0, 0.05) is 5.71 Å². The highest BCUT2D eigenvalue weighted by molar-refractivity contribution is 5.98. The molecule has 0 aliphatic carbocycles. The van der Waals surface area contributed by atoms with Gasteiger partial charge in [0.15, 0.2) is 0 Å². The Hall–Kier alpha value is -0.860. The van der Waals surface area contributed by atoms with Crippen molar-refractivity contribution in [3.05, 3.63) is 0 Å². The van der Waals surface area contributed by atoms with Gasteiger partial charge in [-0.15, -0.1) is 0 Å². The van der Waals surface area contributed by atoms with Crippen LogP contribution in [0.3, 0.4) is 0 Å². The normalized spacial score (nSPS) is 14.4. The fourth-order valence-corrected chi connectivity index (χ4v) is 1.58. The standard InChI is InChI=1S/C12H23NO2/c1-5-7-9(3)10(4)11(13)8-12(14)15-6-2/h9-10,13H,5-8H2,1-4H3/t9-,10-/m1/s1. The van der Waals surface area contributed by atoms with Crippen LogP contribution in [0.4, 0.5) is 0 Å². The van der Waals surface area contributed by atoms with Gasteiger partial charge in [-0.3, -0.25) is 4.79 Å². The van der Waals surface area contributed by atoms with Crippen LogP contribution in [0.5, 0.6) is 0 Å². The minimum absolute atomic E-state index is 0.142. The first kappa shape index (κ1) is 14.1. The van der Waals surface area contributed by atoms with Crippen LogP contribution in [0.2, 0.25) is 0 Å². The van der Waals surface area contributed by atoms with E-state index >= 15 is 0 Å². The average Bonchev–Trinajstić information content (AvgIpc) is 2.17. The molecule has 0 amide bonds. The highest BCUT2D eigenvalue weighted by Gasteiger charge is 2.18. The van der Waals surface area contributed by atoms with Gasteiger partial charge in [-0.2, -0.15) is 0 Å². The van der Waals surface area contributed by atoms with Crippen molar-refractivity contribution in [2.45, 2.75) is 47.0 Å². The Kier molecular flexibility index (Phi) is 7.01. The van der Waals surface area contributed by atoms with E-state index in [9.17, 15) is 4.79 Å². The van der Waals surface area contributed by atoms with Crippen molar-refractivity contribution in [2.75, 3.05) is 6.61 Å². The van der Waals surface area contributed by atoms with Crippen molar-refractivity contribution in [1.82, 2.24) is 0 Å². The van der Waals surface area contributed by atoms with E-state index in [0.717, 1.165) is 12.8 Å². The third-order valence-electron chi connectivity index (χ3n) is 2.79. The summed E-state index contributed by atoms with van der Waals surface area (Å²) in [5, 5.41) is 7.81. The Labute approximate surface area is 92.7 Å². The Balaban J connectivity index is 4.03. The molecule has 0 saturated heterocycles. The lowest BCUT2D eigenvalue weighted by Crippen LogP contribution is -2.22. The summed E-state index contributed by atoms with van der Waals surface area (Å²) in [5.74, 6) is 0.365. The maximum absolute atomic E-state index is 11.2. The second kappa shape index (κ2) is 7.43. The van der Waals surface area contributed by atoms with E-state index < -0.39 is 0 Å². The number of hydrogen-bond donors (Lipinski definition) is 1. The molecule has 0 heterocycles. The van der Waals surface area contributed by atoms with E-state index in [1.54, 1.807) is 6.92 Å². The summed E-state index contributed by atoms with van der Waals surface area (Å²) in [7, 11) is 0. The molecule has 1 N–H and O–H groups in total. The van der Waals surface area contributed by atoms with Crippen LogP contribution >= 0.6 is 0 Å². The molecule has 0 aromatic heterocycles. The summed E-state index contributed by atoms with van der Waals surface area (Å²) < 4.78 is 4.82. The van der Waals surface area contributed by atoms with Crippen LogP contribution in [0.15, 0.2) is 0 Å². The average molecular weight is 213 g/mol. The first-order valence-electron chi connectivity index (χ1n) is 5.75. The van der Waals surface area contributed by atoms with Gasteiger partial charge in [0.2, 0.25) is 0 Å². The van der Waals surface area contributed by atoms with E-state index in [2.05, 4.69) is 13.8 Å². The smallest absolute Gasteiger partial charge is 0.311 e. The van der Waals surface area contributed by atoms with Crippen LogP contribution in [-0.4, -0.2) is 18.3 Å². The molecule has 0 aliphatic heterocycles. The summed E-state index contributed by atoms with van der Waals surface area (Å²) in [6, 6.07) is 0. The number of ether oxygens (including phenoxy) is 1. The lowest BCUT2D eigenvalue weighted by molar-refractivity contribution is -0.141. The van der Waals surface area contributed by atoms with Crippen LogP contribution in [0, 0.1) is 17.2 Å². The SMILES string of the molecule is CCC[C@@H](C)[C@@H](C)C(=N)CC(=O)OCC. The number of carbonyl (C=O) groups is 1. The fraction of sp³-hybridized carbons (Fsp3) is 0.833. The minimum Gasteiger partial charge on any atom is -0.466 e. The van der Waals surface area contributed by atoms with Crippen LogP contribution in [-0.2, 0) is 9.53 Å². The third-order valence-corrected chi connectivity index (χ3v) is 2.79. The van der Waals surface area contributed by atoms with Crippen molar-refractivity contribution in [3.8, 4) is 0 Å². The van der Waals surface area contributed by atoms with Gasteiger partial charge in [-0.25, -0.2) is 0 Å². The molecule has 3 heteroatoms. The van der Waals surface area contributed by atoms with E-state index in [0.29, 0.717) is 18.2 Å². The third kappa shape index (κ3) is 5.55. The van der Waals surface area contributed by atoms with E-state index in [-0.39, 0.29) is 18.3 Å². The van der Waals surface area contributed by atoms with Crippen LogP contribution in [0.25, 0.3) is 0 Å². The lowest BCUT2D eigenvalue weighted by Gasteiger charge is -2.19. The van der Waals surface area contributed by atoms with Gasteiger partial charge in [0.25, 0.3) is 0 Å². The highest BCUT2D eigenvalue weighted by atomic mass is 16.5. The molecule has 0 aliphatic rings. The molecule has 3 nitrogen and oxygen atoms in total. The second-order valence-electron chi connectivity index (χ2n) is 4.06. The number of esters is 1. The first-order chi connectivity index (χ1) is 7.02. The summed E-state index contributed by atoms with van der Waals surface area (Å²) in [6.45, 7) is 8.46. The maximum atomic E-state index is 11.2. The van der Waals surface area contributed by atoms with E-state index in [4.69, 9.17) is 10.1 Å². The molecule has 0 radical (unpaired) electrons. The highest BCUT2D eigenvalue weighted by Crippen LogP contribution is 2.19. The molecule has 88 valence electrons. The monoisotopic (exact) mass is 213 g/mol. The van der Waals surface area contributed by atoms with Gasteiger partial charge in [-0.05, 0) is 18.8 Å². The van der Waals surface area contributed by atoms with Crippen LogP contribution in [0.1, 0.15) is 47.0 Å². The Bertz CT molecular complexity index is 214. The van der Waals surface area contributed by atoms with Gasteiger partial charge >= 0.3 is 5.97 Å². The number of carbonyl (C=O) groups excluding carboxylic acids is 1. The van der Waals surface area contributed by atoms with Gasteiger partial charge in [0.05, 0.1) is 13.0 Å². The summed E-state index contributed by atoms with van der Waals surface area (Å²) in [4.78, 5) is 11.2. The maximum Gasteiger partial charge on any atom is 0.311 e. The van der Waals surface area contributed by atoms with Gasteiger partial charge in [0.1, 0.15) is 0 Å². The van der Waals surface area contributed by atoms with Crippen LogP contribution < -0.4 is 0 Å². The van der Waals surface area contributed by atoms with Crippen molar-refractivity contribution in [1.29, 1.82) is 5.41 Å². The first-order valence-corrected chi connectivity index (χ1v) is 5.75.